The lowest BCUT2D eigenvalue weighted by atomic mass is 10.1. The normalized spacial score (nSPS) is 11.6. The third kappa shape index (κ3) is 9.37. The standard InChI is InChI=1S/C14H32O6Si2.2H3N/c1-14(10-8-12-21(15-2,16-3)17-4)11-9-13-22(18-5,19-6)20-7;;/h1,8-13H2,2-7H3;2*1H3. The molecule has 0 heterocycles. The Morgan fingerprint density at radius 1 is 0.625 bits per heavy atom. The van der Waals surface area contributed by atoms with E-state index >= 15 is 0 Å². The van der Waals surface area contributed by atoms with Crippen molar-refractivity contribution in [2.24, 2.45) is 0 Å². The molecule has 10 heteroatoms. The van der Waals surface area contributed by atoms with Crippen LogP contribution < -0.4 is 12.3 Å². The number of allylic oxidation sites excluding steroid dienone is 1. The van der Waals surface area contributed by atoms with Gasteiger partial charge in [0.15, 0.2) is 0 Å². The molecule has 0 aliphatic rings. The summed E-state index contributed by atoms with van der Waals surface area (Å²) in [6.07, 6.45) is 3.77. The predicted molar refractivity (Wildman–Crippen MR) is 101 cm³/mol. The van der Waals surface area contributed by atoms with Crippen molar-refractivity contribution >= 4 is 17.6 Å². The first-order valence-corrected chi connectivity index (χ1v) is 11.3. The molecule has 0 radical (unpaired) electrons. The van der Waals surface area contributed by atoms with Crippen LogP contribution in [-0.2, 0) is 26.6 Å². The number of hydrogen-bond donors (Lipinski definition) is 2. The Labute approximate surface area is 149 Å². The van der Waals surface area contributed by atoms with Gasteiger partial charge in [-0.15, -0.1) is 0 Å². The maximum atomic E-state index is 5.41. The Bertz CT molecular complexity index is 271. The van der Waals surface area contributed by atoms with Crippen molar-refractivity contribution in [3.8, 4) is 0 Å². The molecule has 0 rings (SSSR count). The van der Waals surface area contributed by atoms with Crippen LogP contribution in [0.2, 0.25) is 12.1 Å². The lowest BCUT2D eigenvalue weighted by Crippen LogP contribution is -2.42. The Morgan fingerprint density at radius 2 is 0.875 bits per heavy atom. The zero-order chi connectivity index (χ0) is 17.1. The highest BCUT2D eigenvalue weighted by molar-refractivity contribution is 6.60. The van der Waals surface area contributed by atoms with Gasteiger partial charge in [-0.3, -0.25) is 0 Å². The number of rotatable bonds is 14. The Morgan fingerprint density at radius 3 is 1.08 bits per heavy atom. The van der Waals surface area contributed by atoms with E-state index in [1.165, 1.54) is 5.57 Å². The van der Waals surface area contributed by atoms with Crippen LogP contribution in [0.1, 0.15) is 25.7 Å². The van der Waals surface area contributed by atoms with Crippen LogP contribution in [0.15, 0.2) is 12.2 Å². The average molecular weight is 387 g/mol. The van der Waals surface area contributed by atoms with Crippen molar-refractivity contribution in [1.82, 2.24) is 12.3 Å². The molecule has 0 bridgehead atoms. The van der Waals surface area contributed by atoms with E-state index in [0.29, 0.717) is 0 Å². The highest BCUT2D eigenvalue weighted by Crippen LogP contribution is 2.22. The van der Waals surface area contributed by atoms with Crippen LogP contribution in [0.3, 0.4) is 0 Å². The fourth-order valence-corrected chi connectivity index (χ4v) is 5.79. The molecule has 0 aromatic carbocycles. The molecule has 8 nitrogen and oxygen atoms in total. The van der Waals surface area contributed by atoms with Crippen molar-refractivity contribution in [2.45, 2.75) is 37.8 Å². The monoisotopic (exact) mass is 386 g/mol. The van der Waals surface area contributed by atoms with E-state index in [-0.39, 0.29) is 12.3 Å². The molecule has 0 aliphatic heterocycles. The highest BCUT2D eigenvalue weighted by Gasteiger charge is 2.37. The van der Waals surface area contributed by atoms with E-state index in [2.05, 4.69) is 6.58 Å². The molecule has 24 heavy (non-hydrogen) atoms. The summed E-state index contributed by atoms with van der Waals surface area (Å²) in [6, 6.07) is 1.59. The molecular formula is C14H38N2O6Si2. The molecular weight excluding hydrogens is 348 g/mol. The molecule has 0 aromatic rings. The van der Waals surface area contributed by atoms with Crippen LogP contribution in [0.25, 0.3) is 0 Å². The van der Waals surface area contributed by atoms with Crippen LogP contribution in [0.4, 0.5) is 0 Å². The fraction of sp³-hybridized carbons (Fsp3) is 0.857. The van der Waals surface area contributed by atoms with Crippen LogP contribution in [-0.4, -0.2) is 60.3 Å². The second-order valence-corrected chi connectivity index (χ2v) is 11.2. The Kier molecular flexibility index (Phi) is 18.1. The first-order chi connectivity index (χ1) is 10.5. The molecule has 0 unspecified atom stereocenters. The molecule has 0 fully saturated rings. The molecule has 0 saturated carbocycles. The van der Waals surface area contributed by atoms with Gasteiger partial charge >= 0.3 is 17.6 Å². The summed E-state index contributed by atoms with van der Waals surface area (Å²) < 4.78 is 32.4. The zero-order valence-electron chi connectivity index (χ0n) is 16.3. The SMILES string of the molecule is C=C(CCC[Si](OC)(OC)OC)CCC[Si](OC)(OC)OC.N.N. The summed E-state index contributed by atoms with van der Waals surface area (Å²) in [7, 11) is 4.91. The molecule has 6 N–H and O–H groups in total. The minimum Gasteiger partial charge on any atom is -0.377 e. The summed E-state index contributed by atoms with van der Waals surface area (Å²) in [4.78, 5) is 0. The molecule has 148 valence electrons. The van der Waals surface area contributed by atoms with Crippen molar-refractivity contribution in [2.75, 3.05) is 42.7 Å². The Balaban J connectivity index is -0.00000220. The summed E-state index contributed by atoms with van der Waals surface area (Å²) in [5.74, 6) is 0. The van der Waals surface area contributed by atoms with Crippen LogP contribution >= 0.6 is 0 Å². The molecule has 0 amide bonds. The number of hydrogen-bond acceptors (Lipinski definition) is 8. The van der Waals surface area contributed by atoms with Gasteiger partial charge in [0.05, 0.1) is 0 Å². The minimum absolute atomic E-state index is 0. The van der Waals surface area contributed by atoms with E-state index < -0.39 is 17.6 Å². The second kappa shape index (κ2) is 15.1. The zero-order valence-corrected chi connectivity index (χ0v) is 18.3. The van der Waals surface area contributed by atoms with Crippen molar-refractivity contribution in [3.05, 3.63) is 12.2 Å². The van der Waals surface area contributed by atoms with Gasteiger partial charge in [0, 0.05) is 54.7 Å². The van der Waals surface area contributed by atoms with Crippen molar-refractivity contribution in [3.63, 3.8) is 0 Å². The van der Waals surface area contributed by atoms with Crippen molar-refractivity contribution in [1.29, 1.82) is 0 Å². The minimum atomic E-state index is -2.46. The third-order valence-electron chi connectivity index (χ3n) is 3.89. The summed E-state index contributed by atoms with van der Waals surface area (Å²) >= 11 is 0. The first kappa shape index (κ1) is 28.6. The van der Waals surface area contributed by atoms with Gasteiger partial charge in [0.1, 0.15) is 0 Å². The van der Waals surface area contributed by atoms with Gasteiger partial charge in [-0.05, 0) is 25.7 Å². The molecule has 0 aromatic heterocycles. The summed E-state index contributed by atoms with van der Waals surface area (Å²) in [5.41, 5.74) is 1.21. The first-order valence-electron chi connectivity index (χ1n) is 7.44. The quantitative estimate of drug-likeness (QED) is 0.344. The maximum Gasteiger partial charge on any atom is 0.500 e. The smallest absolute Gasteiger partial charge is 0.377 e. The van der Waals surface area contributed by atoms with Gasteiger partial charge in [0.25, 0.3) is 0 Å². The summed E-state index contributed by atoms with van der Waals surface area (Å²) in [5, 5.41) is 0. The third-order valence-corrected chi connectivity index (χ3v) is 9.56. The maximum absolute atomic E-state index is 5.41. The van der Waals surface area contributed by atoms with Crippen molar-refractivity contribution < 1.29 is 26.6 Å². The second-order valence-electron chi connectivity index (χ2n) is 5.05. The van der Waals surface area contributed by atoms with E-state index in [0.717, 1.165) is 37.8 Å². The molecule has 0 aliphatic carbocycles. The predicted octanol–water partition coefficient (Wildman–Crippen LogP) is 3.18. The van der Waals surface area contributed by atoms with E-state index in [9.17, 15) is 0 Å². The average Bonchev–Trinajstić information content (AvgIpc) is 2.56. The lowest BCUT2D eigenvalue weighted by Gasteiger charge is -2.25. The van der Waals surface area contributed by atoms with Gasteiger partial charge in [0.2, 0.25) is 0 Å². The van der Waals surface area contributed by atoms with Gasteiger partial charge < -0.3 is 38.9 Å². The Hall–Kier alpha value is -0.146. The van der Waals surface area contributed by atoms with E-state index in [1.54, 1.807) is 42.7 Å². The van der Waals surface area contributed by atoms with Gasteiger partial charge in [-0.1, -0.05) is 12.2 Å². The van der Waals surface area contributed by atoms with Crippen LogP contribution in [0.5, 0.6) is 0 Å². The van der Waals surface area contributed by atoms with Gasteiger partial charge in [-0.2, -0.15) is 0 Å². The molecule has 0 saturated heterocycles. The molecule has 0 spiro atoms. The van der Waals surface area contributed by atoms with E-state index in [1.807, 2.05) is 0 Å². The highest BCUT2D eigenvalue weighted by atomic mass is 28.4. The topological polar surface area (TPSA) is 125 Å². The summed E-state index contributed by atoms with van der Waals surface area (Å²) in [6.45, 7) is 4.13. The fourth-order valence-electron chi connectivity index (χ4n) is 2.35. The molecule has 0 atom stereocenters. The lowest BCUT2D eigenvalue weighted by molar-refractivity contribution is 0.123. The largest absolute Gasteiger partial charge is 0.500 e. The van der Waals surface area contributed by atoms with Crippen LogP contribution in [0, 0.1) is 0 Å². The van der Waals surface area contributed by atoms with Gasteiger partial charge in [-0.25, -0.2) is 0 Å². The van der Waals surface area contributed by atoms with E-state index in [4.69, 9.17) is 26.6 Å².